The molecule has 0 aliphatic heterocycles. The van der Waals surface area contributed by atoms with Crippen molar-refractivity contribution >= 4 is 39.7 Å². The number of amides is 1. The number of aromatic nitrogens is 2. The molecule has 1 amide bonds. The summed E-state index contributed by atoms with van der Waals surface area (Å²) in [5.41, 5.74) is 0.777. The Morgan fingerprint density at radius 3 is 2.80 bits per heavy atom. The molecule has 0 atom stereocenters. The second-order valence-electron chi connectivity index (χ2n) is 3.85. The van der Waals surface area contributed by atoms with E-state index in [1.165, 1.54) is 12.1 Å². The maximum atomic E-state index is 11.6. The van der Waals surface area contributed by atoms with E-state index in [9.17, 15) is 9.59 Å². The summed E-state index contributed by atoms with van der Waals surface area (Å²) < 4.78 is 0.915. The van der Waals surface area contributed by atoms with Crippen LogP contribution in [-0.2, 0) is 4.79 Å². The topological polar surface area (TPSA) is 95.1 Å². The van der Waals surface area contributed by atoms with Gasteiger partial charge in [-0.05, 0) is 23.8 Å². The molecule has 0 saturated heterocycles. The highest BCUT2D eigenvalue weighted by Crippen LogP contribution is 2.13. The number of carboxylic acid groups (broad SMARTS) is 1. The molecule has 2 rings (SSSR count). The Bertz CT molecular complexity index is 679. The summed E-state index contributed by atoms with van der Waals surface area (Å²) >= 11 is 3.34. The lowest BCUT2D eigenvalue weighted by atomic mass is 10.2. The van der Waals surface area contributed by atoms with E-state index in [-0.39, 0.29) is 11.5 Å². The summed E-state index contributed by atoms with van der Waals surface area (Å²) in [4.78, 5) is 22.3. The lowest BCUT2D eigenvalue weighted by molar-refractivity contribution is -0.111. The zero-order chi connectivity index (χ0) is 14.5. The van der Waals surface area contributed by atoms with Gasteiger partial charge in [-0.3, -0.25) is 9.89 Å². The smallest absolute Gasteiger partial charge is 0.353 e. The fourth-order valence-electron chi connectivity index (χ4n) is 1.45. The third-order valence-corrected chi connectivity index (χ3v) is 2.83. The van der Waals surface area contributed by atoms with Crippen molar-refractivity contribution < 1.29 is 14.7 Å². The second kappa shape index (κ2) is 6.16. The molecule has 1 aromatic carbocycles. The van der Waals surface area contributed by atoms with Crippen LogP contribution in [-0.4, -0.2) is 27.2 Å². The number of hydrogen-bond acceptors (Lipinski definition) is 3. The lowest BCUT2D eigenvalue weighted by Crippen LogP contribution is -2.07. The van der Waals surface area contributed by atoms with E-state index < -0.39 is 11.9 Å². The molecule has 102 valence electrons. The Labute approximate surface area is 122 Å². The maximum Gasteiger partial charge on any atom is 0.353 e. The third-order valence-electron chi connectivity index (χ3n) is 2.34. The Hall–Kier alpha value is -2.41. The van der Waals surface area contributed by atoms with Gasteiger partial charge in [-0.25, -0.2) is 4.79 Å². The SMILES string of the molecule is O=C(C=Cc1cccc(Br)c1)Nc1cc(C(=O)O)[nH]n1. The number of rotatable bonds is 4. The van der Waals surface area contributed by atoms with Crippen LogP contribution in [0.5, 0.6) is 0 Å². The highest BCUT2D eigenvalue weighted by Gasteiger charge is 2.08. The number of anilines is 1. The number of halogens is 1. The molecule has 1 aromatic heterocycles. The molecule has 0 aliphatic rings. The first-order valence-electron chi connectivity index (χ1n) is 5.58. The van der Waals surface area contributed by atoms with E-state index in [1.807, 2.05) is 24.3 Å². The van der Waals surface area contributed by atoms with Crippen LogP contribution in [0.4, 0.5) is 5.82 Å². The van der Waals surface area contributed by atoms with Gasteiger partial charge in [0.2, 0.25) is 5.91 Å². The van der Waals surface area contributed by atoms with E-state index in [4.69, 9.17) is 5.11 Å². The van der Waals surface area contributed by atoms with E-state index >= 15 is 0 Å². The van der Waals surface area contributed by atoms with Crippen LogP contribution in [0, 0.1) is 0 Å². The summed E-state index contributed by atoms with van der Waals surface area (Å²) in [6.07, 6.45) is 2.99. The van der Waals surface area contributed by atoms with Crippen LogP contribution >= 0.6 is 15.9 Å². The fourth-order valence-corrected chi connectivity index (χ4v) is 1.86. The van der Waals surface area contributed by atoms with Crippen LogP contribution in [0.25, 0.3) is 6.08 Å². The van der Waals surface area contributed by atoms with Crippen molar-refractivity contribution in [2.75, 3.05) is 5.32 Å². The molecule has 0 unspecified atom stereocenters. The second-order valence-corrected chi connectivity index (χ2v) is 4.77. The largest absolute Gasteiger partial charge is 0.477 e. The fraction of sp³-hybridized carbons (Fsp3) is 0. The van der Waals surface area contributed by atoms with E-state index in [1.54, 1.807) is 6.08 Å². The molecule has 3 N–H and O–H groups in total. The maximum absolute atomic E-state index is 11.6. The number of benzene rings is 1. The first-order valence-corrected chi connectivity index (χ1v) is 6.37. The zero-order valence-electron chi connectivity index (χ0n) is 10.1. The number of carbonyl (C=O) groups is 2. The van der Waals surface area contributed by atoms with Gasteiger partial charge in [0.25, 0.3) is 0 Å². The third kappa shape index (κ3) is 3.79. The first kappa shape index (κ1) is 14.0. The average Bonchev–Trinajstić information content (AvgIpc) is 2.85. The summed E-state index contributed by atoms with van der Waals surface area (Å²) in [6.45, 7) is 0. The summed E-state index contributed by atoms with van der Waals surface area (Å²) in [5.74, 6) is -1.37. The van der Waals surface area contributed by atoms with Crippen molar-refractivity contribution in [2.45, 2.75) is 0 Å². The molecule has 1 heterocycles. The van der Waals surface area contributed by atoms with Gasteiger partial charge in [0.05, 0.1) is 0 Å². The van der Waals surface area contributed by atoms with E-state index in [2.05, 4.69) is 31.4 Å². The van der Waals surface area contributed by atoms with Crippen LogP contribution < -0.4 is 5.32 Å². The molecular formula is C13H10BrN3O3. The predicted octanol–water partition coefficient (Wildman–Crippen LogP) is 2.52. The predicted molar refractivity (Wildman–Crippen MR) is 77.4 cm³/mol. The molecule has 0 saturated carbocycles. The normalized spacial score (nSPS) is 10.7. The number of aromatic amines is 1. The van der Waals surface area contributed by atoms with Crippen molar-refractivity contribution in [1.82, 2.24) is 10.2 Å². The number of carboxylic acids is 1. The summed E-state index contributed by atoms with van der Waals surface area (Å²) in [6, 6.07) is 8.70. The van der Waals surface area contributed by atoms with Gasteiger partial charge in [0, 0.05) is 16.6 Å². The van der Waals surface area contributed by atoms with Crippen LogP contribution in [0.15, 0.2) is 40.9 Å². The Morgan fingerprint density at radius 1 is 1.35 bits per heavy atom. The number of aromatic carboxylic acids is 1. The number of nitrogens with one attached hydrogen (secondary N) is 2. The highest BCUT2D eigenvalue weighted by molar-refractivity contribution is 9.10. The lowest BCUT2D eigenvalue weighted by Gasteiger charge is -1.96. The minimum absolute atomic E-state index is 0.0868. The van der Waals surface area contributed by atoms with Gasteiger partial charge in [0.1, 0.15) is 5.69 Å². The van der Waals surface area contributed by atoms with Crippen LogP contribution in [0.2, 0.25) is 0 Å². The minimum atomic E-state index is -1.14. The highest BCUT2D eigenvalue weighted by atomic mass is 79.9. The van der Waals surface area contributed by atoms with Gasteiger partial charge in [0.15, 0.2) is 5.82 Å². The first-order chi connectivity index (χ1) is 9.54. The molecule has 20 heavy (non-hydrogen) atoms. The Balaban J connectivity index is 1.99. The zero-order valence-corrected chi connectivity index (χ0v) is 11.7. The quantitative estimate of drug-likeness (QED) is 0.748. The summed E-state index contributed by atoms with van der Waals surface area (Å²) in [7, 11) is 0. The molecule has 7 heteroatoms. The van der Waals surface area contributed by atoms with Crippen molar-refractivity contribution in [1.29, 1.82) is 0 Å². The van der Waals surface area contributed by atoms with Gasteiger partial charge in [-0.2, -0.15) is 5.10 Å². The molecular weight excluding hydrogens is 326 g/mol. The number of carbonyl (C=O) groups excluding carboxylic acids is 1. The van der Waals surface area contributed by atoms with Crippen molar-refractivity contribution in [3.05, 3.63) is 52.1 Å². The Morgan fingerprint density at radius 2 is 2.15 bits per heavy atom. The molecule has 6 nitrogen and oxygen atoms in total. The van der Waals surface area contributed by atoms with Gasteiger partial charge >= 0.3 is 5.97 Å². The van der Waals surface area contributed by atoms with Gasteiger partial charge in [-0.1, -0.05) is 28.1 Å². The van der Waals surface area contributed by atoms with Gasteiger partial charge < -0.3 is 10.4 Å². The molecule has 0 fully saturated rings. The standard InChI is InChI=1S/C13H10BrN3O3/c14-9-3-1-2-8(6-9)4-5-12(18)15-11-7-10(13(19)20)16-17-11/h1-7H,(H,19,20)(H2,15,16,17,18). The minimum Gasteiger partial charge on any atom is -0.477 e. The van der Waals surface area contributed by atoms with E-state index in [0.717, 1.165) is 10.0 Å². The molecule has 0 bridgehead atoms. The van der Waals surface area contributed by atoms with Crippen LogP contribution in [0.1, 0.15) is 16.1 Å². The number of H-pyrrole nitrogens is 1. The van der Waals surface area contributed by atoms with E-state index in [0.29, 0.717) is 0 Å². The van der Waals surface area contributed by atoms with Crippen molar-refractivity contribution in [3.63, 3.8) is 0 Å². The van der Waals surface area contributed by atoms with Crippen LogP contribution in [0.3, 0.4) is 0 Å². The van der Waals surface area contributed by atoms with Crippen molar-refractivity contribution in [2.24, 2.45) is 0 Å². The van der Waals surface area contributed by atoms with Gasteiger partial charge in [-0.15, -0.1) is 0 Å². The summed E-state index contributed by atoms with van der Waals surface area (Å²) in [5, 5.41) is 17.1. The molecule has 0 aliphatic carbocycles. The van der Waals surface area contributed by atoms with Crippen molar-refractivity contribution in [3.8, 4) is 0 Å². The average molecular weight is 336 g/mol. The monoisotopic (exact) mass is 335 g/mol. The molecule has 0 radical (unpaired) electrons. The Kier molecular flexibility index (Phi) is 4.31. The number of nitrogens with zero attached hydrogens (tertiary/aromatic N) is 1. The molecule has 2 aromatic rings. The molecule has 0 spiro atoms. The number of hydrogen-bond donors (Lipinski definition) is 3.